The molecule has 1 aromatic heterocycles. The zero-order valence-corrected chi connectivity index (χ0v) is 18.1. The second kappa shape index (κ2) is 7.93. The number of halogens is 1. The first-order valence-electron chi connectivity index (χ1n) is 10.7. The summed E-state index contributed by atoms with van der Waals surface area (Å²) in [6.45, 7) is 2.76. The molecule has 6 nitrogen and oxygen atoms in total. The fourth-order valence-corrected chi connectivity index (χ4v) is 5.15. The molecule has 0 saturated heterocycles. The maximum atomic E-state index is 13.5. The van der Waals surface area contributed by atoms with Crippen LogP contribution >= 0.6 is 11.6 Å². The number of para-hydroxylation sites is 1. The maximum Gasteiger partial charge on any atom is 0.352 e. The van der Waals surface area contributed by atoms with E-state index in [1.807, 2.05) is 43.3 Å². The van der Waals surface area contributed by atoms with E-state index < -0.39 is 0 Å². The molecule has 0 spiro atoms. The summed E-state index contributed by atoms with van der Waals surface area (Å²) in [4.78, 5) is 26.7. The van der Waals surface area contributed by atoms with Gasteiger partial charge >= 0.3 is 11.4 Å². The van der Waals surface area contributed by atoms with Crippen LogP contribution in [0, 0.1) is 0 Å². The van der Waals surface area contributed by atoms with Gasteiger partial charge in [0, 0.05) is 5.02 Å². The zero-order valence-electron chi connectivity index (χ0n) is 17.3. The van der Waals surface area contributed by atoms with Gasteiger partial charge in [0.2, 0.25) is 0 Å². The first-order valence-corrected chi connectivity index (χ1v) is 11.1. The molecule has 2 aliphatic rings. The van der Waals surface area contributed by atoms with Crippen molar-refractivity contribution in [1.82, 2.24) is 13.9 Å². The minimum atomic E-state index is -0.336. The SMILES string of the molecule is CCOC1=C2CC[C@H](c3cccc(Cl)c3)C[C@H]2n2c(=O)n(-c3ccccc3)c(=O)n2C1. The molecule has 1 aliphatic carbocycles. The van der Waals surface area contributed by atoms with Crippen LogP contribution in [0.1, 0.15) is 43.7 Å². The summed E-state index contributed by atoms with van der Waals surface area (Å²) in [6.07, 6.45) is 2.51. The minimum absolute atomic E-state index is 0.210. The summed E-state index contributed by atoms with van der Waals surface area (Å²) >= 11 is 6.23. The molecular weight excluding hydrogens is 414 g/mol. The van der Waals surface area contributed by atoms with Crippen LogP contribution in [0.2, 0.25) is 5.02 Å². The van der Waals surface area contributed by atoms with E-state index in [2.05, 4.69) is 6.07 Å². The van der Waals surface area contributed by atoms with E-state index in [0.29, 0.717) is 17.3 Å². The molecule has 1 aliphatic heterocycles. The zero-order chi connectivity index (χ0) is 21.5. The van der Waals surface area contributed by atoms with Crippen LogP contribution in [-0.2, 0) is 11.3 Å². The van der Waals surface area contributed by atoms with Crippen molar-refractivity contribution >= 4 is 11.6 Å². The number of hydrogen-bond acceptors (Lipinski definition) is 3. The second-order valence-corrected chi connectivity index (χ2v) is 8.50. The Hall–Kier alpha value is -2.99. The highest BCUT2D eigenvalue weighted by molar-refractivity contribution is 6.30. The number of fused-ring (bicyclic) bond motifs is 3. The Labute approximate surface area is 184 Å². The predicted octanol–water partition coefficient (Wildman–Crippen LogP) is 4.27. The summed E-state index contributed by atoms with van der Waals surface area (Å²) in [7, 11) is 0. The van der Waals surface area contributed by atoms with E-state index in [9.17, 15) is 9.59 Å². The van der Waals surface area contributed by atoms with E-state index in [0.717, 1.165) is 30.6 Å². The second-order valence-electron chi connectivity index (χ2n) is 8.06. The molecule has 0 N–H and O–H groups in total. The third-order valence-electron chi connectivity index (χ3n) is 6.33. The Morgan fingerprint density at radius 1 is 1.06 bits per heavy atom. The molecule has 0 amide bonds. The number of hydrogen-bond donors (Lipinski definition) is 0. The quantitative estimate of drug-likeness (QED) is 0.612. The number of allylic oxidation sites excluding steroid dienone is 2. The first-order chi connectivity index (χ1) is 15.1. The largest absolute Gasteiger partial charge is 0.496 e. The molecule has 160 valence electrons. The lowest BCUT2D eigenvalue weighted by molar-refractivity contribution is 0.168. The van der Waals surface area contributed by atoms with Crippen molar-refractivity contribution in [3.05, 3.63) is 97.5 Å². The van der Waals surface area contributed by atoms with Gasteiger partial charge in [-0.25, -0.2) is 23.5 Å². The Bertz CT molecular complexity index is 1270. The Morgan fingerprint density at radius 2 is 1.87 bits per heavy atom. The Balaban J connectivity index is 1.63. The van der Waals surface area contributed by atoms with Crippen LogP contribution in [0.4, 0.5) is 0 Å². The lowest BCUT2D eigenvalue weighted by Gasteiger charge is -2.37. The van der Waals surface area contributed by atoms with Crippen LogP contribution in [0.25, 0.3) is 5.69 Å². The van der Waals surface area contributed by atoms with Gasteiger partial charge in [0.05, 0.1) is 18.3 Å². The molecule has 1 saturated carbocycles. The van der Waals surface area contributed by atoms with E-state index >= 15 is 0 Å². The van der Waals surface area contributed by atoms with Gasteiger partial charge in [0.1, 0.15) is 12.3 Å². The van der Waals surface area contributed by atoms with Crippen LogP contribution in [-0.4, -0.2) is 20.5 Å². The fraction of sp³-hybridized carbons (Fsp3) is 0.333. The minimum Gasteiger partial charge on any atom is -0.496 e. The molecule has 2 heterocycles. The van der Waals surface area contributed by atoms with Gasteiger partial charge in [-0.15, -0.1) is 0 Å². The highest BCUT2D eigenvalue weighted by Crippen LogP contribution is 2.44. The normalized spacial score (nSPS) is 20.3. The van der Waals surface area contributed by atoms with Crippen molar-refractivity contribution in [2.24, 2.45) is 0 Å². The average molecular weight is 438 g/mol. The number of nitrogens with zero attached hydrogens (tertiary/aromatic N) is 3. The number of benzene rings is 2. The van der Waals surface area contributed by atoms with Gasteiger partial charge in [0.25, 0.3) is 0 Å². The standard InChI is InChI=1S/C24H24ClN3O3/c1-2-31-22-15-26-23(29)27(19-9-4-3-5-10-19)24(30)28(26)21-14-17(11-12-20(21)22)16-7-6-8-18(25)13-16/h3-10,13,17,21H,2,11-12,14-15H2,1H3/t17-,21+/m0/s1. The van der Waals surface area contributed by atoms with Gasteiger partial charge in [-0.05, 0) is 67.5 Å². The number of ether oxygens (including phenoxy) is 1. The molecule has 0 radical (unpaired) electrons. The molecule has 0 unspecified atom stereocenters. The Kier molecular flexibility index (Phi) is 5.10. The third-order valence-corrected chi connectivity index (χ3v) is 6.57. The molecule has 5 rings (SSSR count). The van der Waals surface area contributed by atoms with Crippen LogP contribution in [0.15, 0.2) is 75.5 Å². The molecule has 0 bridgehead atoms. The van der Waals surface area contributed by atoms with Gasteiger partial charge < -0.3 is 4.74 Å². The topological polar surface area (TPSA) is 58.2 Å². The number of rotatable bonds is 4. The van der Waals surface area contributed by atoms with Crippen molar-refractivity contribution in [3.63, 3.8) is 0 Å². The predicted molar refractivity (Wildman–Crippen MR) is 120 cm³/mol. The van der Waals surface area contributed by atoms with E-state index in [1.165, 1.54) is 14.8 Å². The third kappa shape index (κ3) is 3.35. The highest BCUT2D eigenvalue weighted by atomic mass is 35.5. The molecule has 2 atom stereocenters. The van der Waals surface area contributed by atoms with E-state index in [4.69, 9.17) is 16.3 Å². The molecule has 3 aromatic rings. The molecule has 31 heavy (non-hydrogen) atoms. The summed E-state index contributed by atoms with van der Waals surface area (Å²) in [5.41, 5.74) is 2.24. The summed E-state index contributed by atoms with van der Waals surface area (Å²) in [6, 6.07) is 16.8. The van der Waals surface area contributed by atoms with E-state index in [1.54, 1.807) is 16.8 Å². The van der Waals surface area contributed by atoms with Crippen molar-refractivity contribution in [3.8, 4) is 5.69 Å². The van der Waals surface area contributed by atoms with Gasteiger partial charge in [-0.2, -0.15) is 0 Å². The lowest BCUT2D eigenvalue weighted by atomic mass is 9.77. The summed E-state index contributed by atoms with van der Waals surface area (Å²) < 4.78 is 10.4. The Morgan fingerprint density at radius 3 is 2.61 bits per heavy atom. The summed E-state index contributed by atoms with van der Waals surface area (Å²) in [5, 5.41) is 0.710. The smallest absolute Gasteiger partial charge is 0.352 e. The van der Waals surface area contributed by atoms with Crippen LogP contribution < -0.4 is 11.4 Å². The van der Waals surface area contributed by atoms with Crippen molar-refractivity contribution in [2.45, 2.75) is 44.7 Å². The fourth-order valence-electron chi connectivity index (χ4n) is 4.95. The summed E-state index contributed by atoms with van der Waals surface area (Å²) in [5.74, 6) is 1.08. The number of aromatic nitrogens is 3. The average Bonchev–Trinajstić information content (AvgIpc) is 3.04. The van der Waals surface area contributed by atoms with Crippen molar-refractivity contribution in [2.75, 3.05) is 6.61 Å². The first kappa shape index (κ1) is 19.9. The van der Waals surface area contributed by atoms with E-state index in [-0.39, 0.29) is 29.9 Å². The maximum absolute atomic E-state index is 13.5. The van der Waals surface area contributed by atoms with Crippen LogP contribution in [0.5, 0.6) is 0 Å². The van der Waals surface area contributed by atoms with Crippen LogP contribution in [0.3, 0.4) is 0 Å². The monoisotopic (exact) mass is 437 g/mol. The van der Waals surface area contributed by atoms with Crippen molar-refractivity contribution in [1.29, 1.82) is 0 Å². The molecule has 2 aromatic carbocycles. The van der Waals surface area contributed by atoms with Gasteiger partial charge in [0.15, 0.2) is 0 Å². The molecule has 1 fully saturated rings. The molecule has 7 heteroatoms. The van der Waals surface area contributed by atoms with Crippen molar-refractivity contribution < 1.29 is 4.74 Å². The van der Waals surface area contributed by atoms with Gasteiger partial charge in [-0.1, -0.05) is 41.9 Å². The van der Waals surface area contributed by atoms with Gasteiger partial charge in [-0.3, -0.25) is 0 Å². The highest BCUT2D eigenvalue weighted by Gasteiger charge is 2.38. The lowest BCUT2D eigenvalue weighted by Crippen LogP contribution is -2.39. The molecular formula is C24H24ClN3O3.